The molecule has 0 saturated heterocycles. The van der Waals surface area contributed by atoms with Crippen LogP contribution in [0.3, 0.4) is 0 Å². The first-order chi connectivity index (χ1) is 13.8. The number of nitrogens with two attached hydrogens (primary N) is 1. The van der Waals surface area contributed by atoms with Crippen LogP contribution in [0, 0.1) is 6.92 Å². The molecule has 0 amide bonds. The minimum atomic E-state index is -1.90. The lowest BCUT2D eigenvalue weighted by Gasteiger charge is -2.12. The standard InChI is InChI=1S/C20H20F2N4O2S/c1-13-17(14-6-8-16(9-7-14)29(2)28)4-3-5-18(13)25-12-24-26(20(25)27)11-15(10-23)19(21)22/h3-9,12H,10-11,23H2,1-2H3. The highest BCUT2D eigenvalue weighted by Crippen LogP contribution is 2.28. The van der Waals surface area contributed by atoms with E-state index in [9.17, 15) is 17.8 Å². The molecule has 0 spiro atoms. The van der Waals surface area contributed by atoms with Crippen LogP contribution in [-0.4, -0.2) is 31.4 Å². The van der Waals surface area contributed by atoms with Crippen molar-refractivity contribution >= 4 is 10.8 Å². The van der Waals surface area contributed by atoms with E-state index in [2.05, 4.69) is 5.10 Å². The minimum Gasteiger partial charge on any atom is -0.327 e. The maximum absolute atomic E-state index is 12.9. The van der Waals surface area contributed by atoms with E-state index >= 15 is 0 Å². The van der Waals surface area contributed by atoms with Gasteiger partial charge in [0.2, 0.25) is 0 Å². The molecule has 152 valence electrons. The third kappa shape index (κ3) is 4.25. The number of hydrogen-bond donors (Lipinski definition) is 1. The molecule has 9 heteroatoms. The first-order valence-corrected chi connectivity index (χ1v) is 10.3. The molecule has 0 radical (unpaired) electrons. The van der Waals surface area contributed by atoms with Crippen molar-refractivity contribution in [2.75, 3.05) is 12.8 Å². The zero-order valence-corrected chi connectivity index (χ0v) is 16.7. The predicted octanol–water partition coefficient (Wildman–Crippen LogP) is 2.86. The third-order valence-electron chi connectivity index (χ3n) is 4.65. The fourth-order valence-corrected chi connectivity index (χ4v) is 3.54. The van der Waals surface area contributed by atoms with Crippen molar-refractivity contribution in [3.63, 3.8) is 0 Å². The molecule has 1 heterocycles. The van der Waals surface area contributed by atoms with Crippen LogP contribution in [0.1, 0.15) is 5.56 Å². The molecule has 0 bridgehead atoms. The van der Waals surface area contributed by atoms with Crippen molar-refractivity contribution in [1.29, 1.82) is 0 Å². The molecule has 29 heavy (non-hydrogen) atoms. The second kappa shape index (κ2) is 8.62. The Morgan fingerprint density at radius 3 is 2.45 bits per heavy atom. The summed E-state index contributed by atoms with van der Waals surface area (Å²) in [5.41, 5.74) is 7.68. The van der Waals surface area contributed by atoms with Crippen LogP contribution in [-0.2, 0) is 17.3 Å². The molecule has 0 aliphatic heterocycles. The normalized spacial score (nSPS) is 12.0. The summed E-state index contributed by atoms with van der Waals surface area (Å²) >= 11 is 0. The maximum atomic E-state index is 12.9. The van der Waals surface area contributed by atoms with Gasteiger partial charge in [0.1, 0.15) is 6.33 Å². The molecule has 3 aromatic rings. The summed E-state index contributed by atoms with van der Waals surface area (Å²) in [5.74, 6) is 0. The van der Waals surface area contributed by atoms with Crippen LogP contribution in [0.15, 0.2) is 70.1 Å². The fraction of sp³-hybridized carbons (Fsp3) is 0.200. The van der Waals surface area contributed by atoms with Gasteiger partial charge in [-0.1, -0.05) is 24.3 Å². The zero-order chi connectivity index (χ0) is 21.1. The van der Waals surface area contributed by atoms with Crippen molar-refractivity contribution in [1.82, 2.24) is 14.3 Å². The Kier molecular flexibility index (Phi) is 6.19. The van der Waals surface area contributed by atoms with E-state index < -0.39 is 22.6 Å². The van der Waals surface area contributed by atoms with Gasteiger partial charge in [-0.2, -0.15) is 13.9 Å². The van der Waals surface area contributed by atoms with Gasteiger partial charge in [0.05, 0.1) is 12.2 Å². The number of aromatic nitrogens is 3. The molecule has 0 aliphatic rings. The number of nitrogens with zero attached hydrogens (tertiary/aromatic N) is 3. The summed E-state index contributed by atoms with van der Waals surface area (Å²) in [6, 6.07) is 12.8. The van der Waals surface area contributed by atoms with E-state index in [1.165, 1.54) is 10.9 Å². The van der Waals surface area contributed by atoms with E-state index in [1.807, 2.05) is 25.1 Å². The van der Waals surface area contributed by atoms with Gasteiger partial charge in [-0.3, -0.25) is 4.21 Å². The highest BCUT2D eigenvalue weighted by Gasteiger charge is 2.14. The van der Waals surface area contributed by atoms with Crippen LogP contribution < -0.4 is 11.4 Å². The second-order valence-corrected chi connectivity index (χ2v) is 7.82. The molecule has 2 N–H and O–H groups in total. The predicted molar refractivity (Wildman–Crippen MR) is 109 cm³/mol. The van der Waals surface area contributed by atoms with Crippen molar-refractivity contribution in [3.8, 4) is 16.8 Å². The topological polar surface area (TPSA) is 82.9 Å². The van der Waals surface area contributed by atoms with Gasteiger partial charge in [-0.05, 0) is 41.8 Å². The van der Waals surface area contributed by atoms with Crippen molar-refractivity contribution < 1.29 is 13.0 Å². The number of benzene rings is 2. The lowest BCUT2D eigenvalue weighted by atomic mass is 9.99. The van der Waals surface area contributed by atoms with E-state index in [0.717, 1.165) is 26.3 Å². The van der Waals surface area contributed by atoms with Crippen molar-refractivity contribution in [2.45, 2.75) is 18.4 Å². The van der Waals surface area contributed by atoms with Gasteiger partial charge in [0.25, 0.3) is 6.08 Å². The summed E-state index contributed by atoms with van der Waals surface area (Å²) in [4.78, 5) is 13.4. The SMILES string of the molecule is Cc1c(-c2ccc(S(C)=O)cc2)cccc1-n1cnn(CC(CN)=C(F)F)c1=O. The summed E-state index contributed by atoms with van der Waals surface area (Å²) in [5, 5.41) is 3.95. The van der Waals surface area contributed by atoms with E-state index in [4.69, 9.17) is 5.73 Å². The van der Waals surface area contributed by atoms with Crippen molar-refractivity contribution in [3.05, 3.63) is 76.5 Å². The third-order valence-corrected chi connectivity index (χ3v) is 5.59. The molecular formula is C20H20F2N4O2S. The monoisotopic (exact) mass is 418 g/mol. The van der Waals surface area contributed by atoms with Crippen LogP contribution in [0.4, 0.5) is 8.78 Å². The number of rotatable bonds is 6. The minimum absolute atomic E-state index is 0.337. The van der Waals surface area contributed by atoms with Gasteiger partial charge in [-0.15, -0.1) is 0 Å². The van der Waals surface area contributed by atoms with E-state index in [0.29, 0.717) is 5.69 Å². The fourth-order valence-electron chi connectivity index (χ4n) is 3.02. The molecule has 3 rings (SSSR count). The highest BCUT2D eigenvalue weighted by molar-refractivity contribution is 7.84. The molecule has 6 nitrogen and oxygen atoms in total. The average molecular weight is 418 g/mol. The Hall–Kier alpha value is -2.91. The van der Waals surface area contributed by atoms with Gasteiger partial charge < -0.3 is 5.73 Å². The molecule has 1 unspecified atom stereocenters. The van der Waals surface area contributed by atoms with E-state index in [1.54, 1.807) is 30.5 Å². The molecule has 0 aliphatic carbocycles. The Morgan fingerprint density at radius 1 is 1.17 bits per heavy atom. The quantitative estimate of drug-likeness (QED) is 0.667. The number of halogens is 2. The first-order valence-electron chi connectivity index (χ1n) is 8.75. The summed E-state index contributed by atoms with van der Waals surface area (Å²) in [6.45, 7) is 1.15. The highest BCUT2D eigenvalue weighted by atomic mass is 32.2. The molecule has 1 atom stereocenters. The smallest absolute Gasteiger partial charge is 0.327 e. The molecule has 2 aromatic carbocycles. The van der Waals surface area contributed by atoms with Crippen LogP contribution >= 0.6 is 0 Å². The van der Waals surface area contributed by atoms with Gasteiger partial charge in [0.15, 0.2) is 0 Å². The Morgan fingerprint density at radius 2 is 1.86 bits per heavy atom. The lowest BCUT2D eigenvalue weighted by molar-refractivity contribution is 0.400. The Balaban J connectivity index is 2.01. The average Bonchev–Trinajstić information content (AvgIpc) is 3.06. The van der Waals surface area contributed by atoms with Crippen LogP contribution in [0.25, 0.3) is 16.8 Å². The number of hydrogen-bond acceptors (Lipinski definition) is 4. The zero-order valence-electron chi connectivity index (χ0n) is 15.9. The van der Waals surface area contributed by atoms with Gasteiger partial charge in [0, 0.05) is 34.1 Å². The summed E-state index contributed by atoms with van der Waals surface area (Å²) < 4.78 is 39.6. The van der Waals surface area contributed by atoms with Gasteiger partial charge in [-0.25, -0.2) is 14.0 Å². The van der Waals surface area contributed by atoms with Crippen LogP contribution in [0.2, 0.25) is 0 Å². The van der Waals surface area contributed by atoms with Crippen molar-refractivity contribution in [2.24, 2.45) is 5.73 Å². The Bertz CT molecular complexity index is 1150. The molecule has 0 fully saturated rings. The lowest BCUT2D eigenvalue weighted by Crippen LogP contribution is -2.26. The molecule has 0 saturated carbocycles. The summed E-state index contributed by atoms with van der Waals surface area (Å²) in [7, 11) is -1.07. The molecular weight excluding hydrogens is 398 g/mol. The first kappa shape index (κ1) is 20.8. The largest absolute Gasteiger partial charge is 0.350 e. The Labute approximate surface area is 168 Å². The second-order valence-electron chi connectivity index (χ2n) is 6.44. The molecule has 1 aromatic heterocycles. The maximum Gasteiger partial charge on any atom is 0.350 e. The van der Waals surface area contributed by atoms with Gasteiger partial charge >= 0.3 is 5.69 Å². The summed E-state index contributed by atoms with van der Waals surface area (Å²) in [6.07, 6.45) is 1.02. The van der Waals surface area contributed by atoms with Crippen LogP contribution in [0.5, 0.6) is 0 Å². The van der Waals surface area contributed by atoms with E-state index in [-0.39, 0.29) is 18.7 Å².